The van der Waals surface area contributed by atoms with Gasteiger partial charge in [0, 0.05) is 25.6 Å². The Morgan fingerprint density at radius 2 is 2.08 bits per heavy atom. The first-order valence-electron chi connectivity index (χ1n) is 8.41. The largest absolute Gasteiger partial charge is 0.394 e. The first-order valence-corrected chi connectivity index (χ1v) is 8.41. The minimum absolute atomic E-state index is 0.136. The predicted octanol–water partition coefficient (Wildman–Crippen LogP) is 1.45. The summed E-state index contributed by atoms with van der Waals surface area (Å²) in [5.41, 5.74) is 1.11. The van der Waals surface area contributed by atoms with Crippen LogP contribution in [0.5, 0.6) is 0 Å². The maximum absolute atomic E-state index is 10.2. The van der Waals surface area contributed by atoms with Crippen LogP contribution in [0.25, 0.3) is 0 Å². The zero-order valence-corrected chi connectivity index (χ0v) is 13.7. The molecule has 1 fully saturated rings. The van der Waals surface area contributed by atoms with Gasteiger partial charge in [-0.15, -0.1) is 0 Å². The Morgan fingerprint density at radius 3 is 2.88 bits per heavy atom. The molecule has 2 atom stereocenters. The molecule has 2 heterocycles. The number of rotatable bonds is 7. The predicted molar refractivity (Wildman–Crippen MR) is 94.1 cm³/mol. The fourth-order valence-electron chi connectivity index (χ4n) is 3.11. The van der Waals surface area contributed by atoms with Crippen molar-refractivity contribution < 1.29 is 10.2 Å². The van der Waals surface area contributed by atoms with Crippen LogP contribution in [-0.4, -0.2) is 52.0 Å². The number of hydrogen-bond acceptors (Lipinski definition) is 6. The maximum atomic E-state index is 10.2. The molecule has 0 unspecified atom stereocenters. The van der Waals surface area contributed by atoms with Crippen LogP contribution >= 0.6 is 0 Å². The summed E-state index contributed by atoms with van der Waals surface area (Å²) in [6.45, 7) is 1.47. The molecule has 1 aliphatic heterocycles. The van der Waals surface area contributed by atoms with Crippen molar-refractivity contribution in [3.8, 4) is 0 Å². The van der Waals surface area contributed by atoms with Gasteiger partial charge in [0.25, 0.3) is 0 Å². The Labute approximate surface area is 142 Å². The molecular weight excluding hydrogens is 304 g/mol. The van der Waals surface area contributed by atoms with E-state index in [9.17, 15) is 10.2 Å². The van der Waals surface area contributed by atoms with Crippen molar-refractivity contribution in [1.29, 1.82) is 0 Å². The van der Waals surface area contributed by atoms with E-state index in [-0.39, 0.29) is 12.6 Å². The van der Waals surface area contributed by atoms with Gasteiger partial charge in [0.05, 0.1) is 18.8 Å². The van der Waals surface area contributed by atoms with E-state index < -0.39 is 6.10 Å². The summed E-state index contributed by atoms with van der Waals surface area (Å²) in [5.74, 6) is 1.51. The average Bonchev–Trinajstić information content (AvgIpc) is 3.10. The molecule has 6 heteroatoms. The van der Waals surface area contributed by atoms with Crippen molar-refractivity contribution in [1.82, 2.24) is 9.97 Å². The van der Waals surface area contributed by atoms with Crippen molar-refractivity contribution in [2.24, 2.45) is 0 Å². The van der Waals surface area contributed by atoms with E-state index >= 15 is 0 Å². The number of nitrogens with zero attached hydrogens (tertiary/aromatic N) is 3. The second kappa shape index (κ2) is 8.08. The van der Waals surface area contributed by atoms with Crippen LogP contribution in [0.1, 0.15) is 18.4 Å². The third kappa shape index (κ3) is 4.21. The van der Waals surface area contributed by atoms with Crippen molar-refractivity contribution in [2.45, 2.75) is 31.4 Å². The summed E-state index contributed by atoms with van der Waals surface area (Å²) < 4.78 is 0. The van der Waals surface area contributed by atoms with Gasteiger partial charge in [-0.2, -0.15) is 0 Å². The highest BCUT2D eigenvalue weighted by atomic mass is 16.3. The summed E-state index contributed by atoms with van der Waals surface area (Å²) >= 11 is 0. The normalized spacial score (nSPS) is 18.6. The smallest absolute Gasteiger partial charge is 0.134 e. The van der Waals surface area contributed by atoms with Crippen LogP contribution in [0.3, 0.4) is 0 Å². The molecule has 0 bridgehead atoms. The lowest BCUT2D eigenvalue weighted by atomic mass is 10.1. The van der Waals surface area contributed by atoms with Crippen LogP contribution in [0.4, 0.5) is 11.6 Å². The van der Waals surface area contributed by atoms with Crippen LogP contribution in [-0.2, 0) is 6.42 Å². The number of benzene rings is 1. The van der Waals surface area contributed by atoms with Crippen LogP contribution < -0.4 is 10.2 Å². The summed E-state index contributed by atoms with van der Waals surface area (Å²) in [6.07, 6.45) is 3.69. The van der Waals surface area contributed by atoms with E-state index in [2.05, 4.69) is 20.2 Å². The van der Waals surface area contributed by atoms with Crippen LogP contribution in [0.15, 0.2) is 42.7 Å². The fraction of sp³-hybridized carbons (Fsp3) is 0.444. The van der Waals surface area contributed by atoms with E-state index in [4.69, 9.17) is 0 Å². The molecule has 0 radical (unpaired) electrons. The highest BCUT2D eigenvalue weighted by Gasteiger charge is 2.25. The molecule has 1 aromatic heterocycles. The van der Waals surface area contributed by atoms with Crippen molar-refractivity contribution >= 4 is 11.6 Å². The Bertz CT molecular complexity index is 638. The first-order chi connectivity index (χ1) is 11.8. The summed E-state index contributed by atoms with van der Waals surface area (Å²) in [5, 5.41) is 22.8. The monoisotopic (exact) mass is 328 g/mol. The number of aliphatic hydroxyl groups excluding tert-OH is 2. The Morgan fingerprint density at radius 1 is 1.25 bits per heavy atom. The van der Waals surface area contributed by atoms with E-state index in [0.29, 0.717) is 18.8 Å². The van der Waals surface area contributed by atoms with E-state index in [1.165, 1.54) is 6.33 Å². The summed E-state index contributed by atoms with van der Waals surface area (Å²) in [6, 6.07) is 11.9. The average molecular weight is 328 g/mol. The van der Waals surface area contributed by atoms with Crippen LogP contribution in [0.2, 0.25) is 0 Å². The molecule has 0 spiro atoms. The zero-order valence-electron chi connectivity index (χ0n) is 13.7. The Hall–Kier alpha value is -2.18. The molecule has 0 aliphatic carbocycles. The lowest BCUT2D eigenvalue weighted by Crippen LogP contribution is -2.32. The lowest BCUT2D eigenvalue weighted by Gasteiger charge is -2.24. The minimum Gasteiger partial charge on any atom is -0.394 e. The molecule has 0 saturated carbocycles. The molecular formula is C18H24N4O2. The van der Waals surface area contributed by atoms with E-state index in [1.54, 1.807) is 0 Å². The molecule has 24 heavy (non-hydrogen) atoms. The molecule has 3 N–H and O–H groups in total. The Kier molecular flexibility index (Phi) is 5.61. The highest BCUT2D eigenvalue weighted by molar-refractivity contribution is 5.49. The van der Waals surface area contributed by atoms with Crippen molar-refractivity contribution in [3.05, 3.63) is 48.3 Å². The number of anilines is 2. The summed E-state index contributed by atoms with van der Waals surface area (Å²) in [7, 11) is 0. The Balaban J connectivity index is 1.56. The molecule has 6 nitrogen and oxygen atoms in total. The quantitative estimate of drug-likeness (QED) is 0.714. The fourth-order valence-corrected chi connectivity index (χ4v) is 3.11. The zero-order chi connectivity index (χ0) is 16.8. The minimum atomic E-state index is -0.484. The number of aromatic nitrogens is 2. The van der Waals surface area contributed by atoms with Crippen molar-refractivity contribution in [2.75, 3.05) is 29.9 Å². The number of nitrogens with one attached hydrogen (secondary N) is 1. The highest BCUT2D eigenvalue weighted by Crippen LogP contribution is 2.24. The van der Waals surface area contributed by atoms with Gasteiger partial charge < -0.3 is 20.4 Å². The van der Waals surface area contributed by atoms with Gasteiger partial charge in [0.1, 0.15) is 18.0 Å². The third-order valence-corrected chi connectivity index (χ3v) is 4.37. The SMILES string of the molecule is OC[C@@H]1CCCN1c1cc(NC[C@H](O)Cc2ccccc2)ncn1. The topological polar surface area (TPSA) is 81.5 Å². The second-order valence-electron chi connectivity index (χ2n) is 6.16. The standard InChI is InChI=1S/C18H24N4O2/c23-12-15-7-4-8-22(15)18-10-17(20-13-21-18)19-11-16(24)9-14-5-2-1-3-6-14/h1-3,5-6,10,13,15-16,23-24H,4,7-9,11-12H2,(H,19,20,21)/t15-,16+/m0/s1. The molecule has 3 rings (SSSR count). The molecule has 0 amide bonds. The van der Waals surface area contributed by atoms with E-state index in [1.807, 2.05) is 36.4 Å². The van der Waals surface area contributed by atoms with Crippen LogP contribution in [0, 0.1) is 0 Å². The number of aliphatic hydroxyl groups is 2. The second-order valence-corrected chi connectivity index (χ2v) is 6.16. The third-order valence-electron chi connectivity index (χ3n) is 4.37. The van der Waals surface area contributed by atoms with Crippen molar-refractivity contribution in [3.63, 3.8) is 0 Å². The molecule has 1 aliphatic rings. The maximum Gasteiger partial charge on any atom is 0.134 e. The van der Waals surface area contributed by atoms with Gasteiger partial charge in [0.15, 0.2) is 0 Å². The van der Waals surface area contributed by atoms with Gasteiger partial charge in [-0.1, -0.05) is 30.3 Å². The first kappa shape index (κ1) is 16.7. The van der Waals surface area contributed by atoms with Gasteiger partial charge in [-0.3, -0.25) is 0 Å². The van der Waals surface area contributed by atoms with Gasteiger partial charge in [-0.25, -0.2) is 9.97 Å². The van der Waals surface area contributed by atoms with E-state index in [0.717, 1.165) is 30.8 Å². The lowest BCUT2D eigenvalue weighted by molar-refractivity contribution is 0.188. The molecule has 2 aromatic rings. The molecule has 128 valence electrons. The molecule has 1 aromatic carbocycles. The van der Waals surface area contributed by atoms with Gasteiger partial charge in [-0.05, 0) is 18.4 Å². The summed E-state index contributed by atoms with van der Waals surface area (Å²) in [4.78, 5) is 10.7. The van der Waals surface area contributed by atoms with Gasteiger partial charge >= 0.3 is 0 Å². The van der Waals surface area contributed by atoms with Gasteiger partial charge in [0.2, 0.25) is 0 Å². The molecule has 1 saturated heterocycles. The number of hydrogen-bond donors (Lipinski definition) is 3.